The van der Waals surface area contributed by atoms with Gasteiger partial charge in [0.25, 0.3) is 0 Å². The quantitative estimate of drug-likeness (QED) is 0.211. The minimum Gasteiger partial charge on any atom is -0.458 e. The van der Waals surface area contributed by atoms with Crippen LogP contribution in [0, 0.1) is 0 Å². The van der Waals surface area contributed by atoms with Crippen molar-refractivity contribution < 1.29 is 65.8 Å². The lowest BCUT2D eigenvalue weighted by atomic mass is 9.89. The first kappa shape index (κ1) is 26.3. The van der Waals surface area contributed by atoms with E-state index in [1.165, 1.54) is 19.5 Å². The van der Waals surface area contributed by atoms with Crippen molar-refractivity contribution in [2.24, 2.45) is 0 Å². The van der Waals surface area contributed by atoms with Gasteiger partial charge in [0, 0.05) is 12.6 Å². The summed E-state index contributed by atoms with van der Waals surface area (Å²) in [7, 11) is -15.1. The van der Waals surface area contributed by atoms with Crippen LogP contribution in [0.2, 0.25) is 0 Å². The number of anilines is 1. The second kappa shape index (κ2) is 9.06. The minimum absolute atomic E-state index is 0.216. The van der Waals surface area contributed by atoms with E-state index in [9.17, 15) is 33.7 Å². The number of ether oxygens (including phenoxy) is 1. The molecule has 2 aromatic heterocycles. The number of furan rings is 1. The van der Waals surface area contributed by atoms with Crippen LogP contribution < -0.4 is 5.32 Å². The number of aromatic nitrogens is 2. The van der Waals surface area contributed by atoms with Crippen molar-refractivity contribution >= 4 is 40.4 Å². The van der Waals surface area contributed by atoms with Crippen LogP contribution in [0.3, 0.4) is 0 Å². The van der Waals surface area contributed by atoms with Crippen LogP contribution >= 0.6 is 23.5 Å². The van der Waals surface area contributed by atoms with Crippen LogP contribution in [0.4, 0.5) is 5.82 Å². The van der Waals surface area contributed by atoms with E-state index in [-0.39, 0.29) is 16.7 Å². The number of phosphoric ester groups is 1. The van der Waals surface area contributed by atoms with Crippen LogP contribution in [-0.4, -0.2) is 71.2 Å². The lowest BCUT2D eigenvalue weighted by Crippen LogP contribution is -2.43. The zero-order valence-corrected chi connectivity index (χ0v) is 19.5. The summed E-state index contributed by atoms with van der Waals surface area (Å²) in [5.74, 6) is 0.341. The molecule has 3 rings (SSSR count). The van der Waals surface area contributed by atoms with Crippen molar-refractivity contribution in [2.75, 3.05) is 19.0 Å². The van der Waals surface area contributed by atoms with Gasteiger partial charge < -0.3 is 44.3 Å². The fourth-order valence-corrected chi connectivity index (χ4v) is 6.17. The van der Waals surface area contributed by atoms with Crippen LogP contribution in [0.5, 0.6) is 0 Å². The van der Waals surface area contributed by atoms with Gasteiger partial charge in [-0.15, -0.1) is 0 Å². The molecule has 2 unspecified atom stereocenters. The summed E-state index contributed by atoms with van der Waals surface area (Å²) < 4.78 is 56.7. The second-order valence-corrected chi connectivity index (χ2v) is 11.4. The van der Waals surface area contributed by atoms with Gasteiger partial charge in [-0.25, -0.2) is 23.7 Å². The highest BCUT2D eigenvalue weighted by Crippen LogP contribution is 2.66. The molecule has 3 heterocycles. The summed E-state index contributed by atoms with van der Waals surface area (Å²) in [4.78, 5) is 43.9. The van der Waals surface area contributed by atoms with Crippen LogP contribution in [-0.2, 0) is 31.6 Å². The number of nitrogens with one attached hydrogen (secondary N) is 1. The second-order valence-electron chi connectivity index (χ2n) is 6.95. The van der Waals surface area contributed by atoms with E-state index < -0.39 is 54.0 Å². The molecule has 0 radical (unpaired) electrons. The third-order valence-electron chi connectivity index (χ3n) is 4.51. The smallest absolute Gasteiger partial charge is 0.458 e. The molecule has 2 aromatic rings. The number of nitrogens with zero attached hydrogens (tertiary/aromatic N) is 2. The zero-order chi connectivity index (χ0) is 24.8. The van der Waals surface area contributed by atoms with Crippen molar-refractivity contribution in [2.45, 2.75) is 30.8 Å². The Morgan fingerprint density at radius 1 is 1.15 bits per heavy atom. The van der Waals surface area contributed by atoms with Gasteiger partial charge in [-0.1, -0.05) is 0 Å². The molecule has 1 aliphatic heterocycles. The van der Waals surface area contributed by atoms with Crippen molar-refractivity contribution in [1.29, 1.82) is 0 Å². The predicted molar refractivity (Wildman–Crippen MR) is 105 cm³/mol. The van der Waals surface area contributed by atoms with Gasteiger partial charge in [-0.3, -0.25) is 4.52 Å². The van der Waals surface area contributed by atoms with E-state index in [4.69, 9.17) is 18.9 Å². The summed E-state index contributed by atoms with van der Waals surface area (Å²) in [6.45, 7) is 0.260. The van der Waals surface area contributed by atoms with Crippen molar-refractivity contribution in [1.82, 2.24) is 9.97 Å². The van der Waals surface area contributed by atoms with Gasteiger partial charge in [0.1, 0.15) is 35.8 Å². The van der Waals surface area contributed by atoms with E-state index in [0.717, 1.165) is 0 Å². The molecule has 6 atom stereocenters. The Balaban J connectivity index is 1.76. The summed E-state index contributed by atoms with van der Waals surface area (Å²) in [6.07, 6.45) is -1.99. The molecule has 0 spiro atoms. The number of hydrogen-bond acceptors (Lipinski definition) is 13. The average molecular weight is 535 g/mol. The zero-order valence-electron chi connectivity index (χ0n) is 16.8. The number of fused-ring (bicyclic) bond motifs is 1. The Morgan fingerprint density at radius 3 is 2.42 bits per heavy atom. The molecule has 0 amide bonds. The molecular formula is C13H20N3O14P3. The van der Waals surface area contributed by atoms with Gasteiger partial charge in [0.05, 0.1) is 12.9 Å². The van der Waals surface area contributed by atoms with Crippen molar-refractivity contribution in [3.63, 3.8) is 0 Å². The lowest BCUT2D eigenvalue weighted by molar-refractivity contribution is -0.0643. The molecule has 20 heteroatoms. The Morgan fingerprint density at radius 2 is 1.82 bits per heavy atom. The maximum absolute atomic E-state index is 11.9. The molecule has 0 bridgehead atoms. The summed E-state index contributed by atoms with van der Waals surface area (Å²) in [5, 5.41) is 24.1. The van der Waals surface area contributed by atoms with Gasteiger partial charge >= 0.3 is 23.5 Å². The Hall–Kier alpha value is -1.29. The molecular weight excluding hydrogens is 515 g/mol. The Bertz CT molecular complexity index is 1160. The molecule has 186 valence electrons. The lowest BCUT2D eigenvalue weighted by Gasteiger charge is -2.26. The molecule has 0 aromatic carbocycles. The van der Waals surface area contributed by atoms with E-state index in [0.29, 0.717) is 5.82 Å². The highest BCUT2D eigenvalue weighted by Gasteiger charge is 2.54. The molecule has 0 aliphatic carbocycles. The molecule has 7 N–H and O–H groups in total. The van der Waals surface area contributed by atoms with E-state index in [1.54, 1.807) is 7.05 Å². The number of aliphatic hydroxyl groups is 2. The minimum atomic E-state index is -5.71. The maximum Gasteiger partial charge on any atom is 0.490 e. The largest absolute Gasteiger partial charge is 0.490 e. The van der Waals surface area contributed by atoms with E-state index in [1.807, 2.05) is 0 Å². The van der Waals surface area contributed by atoms with Gasteiger partial charge in [0.2, 0.25) is 0 Å². The Labute approximate surface area is 184 Å². The first-order valence-electron chi connectivity index (χ1n) is 8.80. The normalized spacial score (nSPS) is 29.6. The first-order chi connectivity index (χ1) is 15.1. The fraction of sp³-hybridized carbons (Fsp3) is 0.538. The fourth-order valence-electron chi connectivity index (χ4n) is 3.14. The first-order valence-corrected chi connectivity index (χ1v) is 13.3. The average Bonchev–Trinajstić information content (AvgIpc) is 3.16. The summed E-state index contributed by atoms with van der Waals surface area (Å²) in [6, 6.07) is 0. The van der Waals surface area contributed by atoms with Gasteiger partial charge in [-0.05, 0) is 6.92 Å². The van der Waals surface area contributed by atoms with Crippen molar-refractivity contribution in [3.8, 4) is 0 Å². The highest BCUT2D eigenvalue weighted by atomic mass is 31.3. The molecule has 0 saturated carbocycles. The molecule has 1 saturated heterocycles. The van der Waals surface area contributed by atoms with Crippen LogP contribution in [0.25, 0.3) is 11.1 Å². The number of rotatable bonds is 9. The number of aliphatic hydroxyl groups excluding tert-OH is 1. The van der Waals surface area contributed by atoms with Crippen LogP contribution in [0.1, 0.15) is 18.6 Å². The molecule has 1 aliphatic rings. The monoisotopic (exact) mass is 535 g/mol. The van der Waals surface area contributed by atoms with Gasteiger partial charge in [0.15, 0.2) is 11.4 Å². The molecule has 33 heavy (non-hydrogen) atoms. The topological polar surface area (TPSA) is 260 Å². The van der Waals surface area contributed by atoms with E-state index >= 15 is 0 Å². The SMILES string of the molecule is CNc1ncnc2c([C@@H]3O[C@H](COP(=O)(O)OP(=O)(O)OP(=O)(O)O)[C@@H](O)[C@@]3(C)O)coc12. The molecule has 1 fully saturated rings. The van der Waals surface area contributed by atoms with E-state index in [2.05, 4.69) is 28.4 Å². The molecule has 17 nitrogen and oxygen atoms in total. The number of hydrogen-bond donors (Lipinski definition) is 7. The number of phosphoric acid groups is 3. The standard InChI is InChI=1S/C13H20N3O14P3/c1-13(18)10(17)7(4-27-32(22,23)30-33(24,25)29-31(19,20)21)28-11(13)6-3-26-9-8(6)15-5-16-12(9)14-2/h3,5,7,10-11,17-18H,4H2,1-2H3,(H,22,23)(H,24,25)(H,14,15,16)(H2,19,20,21)/t7-,10-,11+,13-/m1/s1. The third kappa shape index (κ3) is 5.86. The maximum atomic E-state index is 11.9. The van der Waals surface area contributed by atoms with Crippen LogP contribution in [0.15, 0.2) is 17.0 Å². The van der Waals surface area contributed by atoms with Crippen molar-refractivity contribution in [3.05, 3.63) is 18.2 Å². The predicted octanol–water partition coefficient (Wildman–Crippen LogP) is 0.160. The van der Waals surface area contributed by atoms with Gasteiger partial charge in [-0.2, -0.15) is 8.62 Å². The Kier molecular flexibility index (Phi) is 7.22. The summed E-state index contributed by atoms with van der Waals surface area (Å²) in [5.41, 5.74) is -1.28. The summed E-state index contributed by atoms with van der Waals surface area (Å²) >= 11 is 0. The third-order valence-corrected chi connectivity index (χ3v) is 8.31. The highest BCUT2D eigenvalue weighted by molar-refractivity contribution is 7.66.